The number of hydrogen-bond donors (Lipinski definition) is 3. The maximum Gasteiger partial charge on any atom is 0.191 e. The molecule has 0 fully saturated rings. The van der Waals surface area contributed by atoms with Crippen LogP contribution in [0.25, 0.3) is 0 Å². The molecule has 178 valence electrons. The molecule has 3 N–H and O–H groups in total. The molecule has 7 nitrogen and oxygen atoms in total. The van der Waals surface area contributed by atoms with Crippen LogP contribution in [0.15, 0.2) is 47.5 Å². The van der Waals surface area contributed by atoms with Gasteiger partial charge in [-0.2, -0.15) is 0 Å². The summed E-state index contributed by atoms with van der Waals surface area (Å²) in [5, 5.41) is 17.2. The average Bonchev–Trinajstić information content (AvgIpc) is 2.81. The Morgan fingerprint density at radius 3 is 2.22 bits per heavy atom. The average molecular weight is 557 g/mol. The van der Waals surface area contributed by atoms with Crippen molar-refractivity contribution < 1.29 is 19.3 Å². The Balaban J connectivity index is 0.00000512. The molecule has 0 amide bonds. The minimum Gasteiger partial charge on any atom is -0.497 e. The molecule has 2 atom stereocenters. The van der Waals surface area contributed by atoms with E-state index < -0.39 is 6.10 Å². The molecular weight excluding hydrogens is 521 g/mol. The van der Waals surface area contributed by atoms with Gasteiger partial charge >= 0.3 is 0 Å². The Labute approximate surface area is 208 Å². The smallest absolute Gasteiger partial charge is 0.191 e. The molecule has 0 heterocycles. The molecular formula is C24H36IN3O4. The summed E-state index contributed by atoms with van der Waals surface area (Å²) in [6.07, 6.45) is 0.141. The van der Waals surface area contributed by atoms with Gasteiger partial charge in [0.05, 0.1) is 27.9 Å². The molecule has 0 aliphatic carbocycles. The quantitative estimate of drug-likeness (QED) is 0.219. The van der Waals surface area contributed by atoms with Gasteiger partial charge in [0.2, 0.25) is 0 Å². The summed E-state index contributed by atoms with van der Waals surface area (Å²) in [6, 6.07) is 13.5. The van der Waals surface area contributed by atoms with Crippen molar-refractivity contribution in [2.45, 2.75) is 32.3 Å². The van der Waals surface area contributed by atoms with Crippen molar-refractivity contribution in [2.24, 2.45) is 4.99 Å². The lowest BCUT2D eigenvalue weighted by molar-refractivity contribution is 0.182. The molecule has 0 spiro atoms. The first-order valence-corrected chi connectivity index (χ1v) is 10.6. The fourth-order valence-electron chi connectivity index (χ4n) is 3.22. The van der Waals surface area contributed by atoms with Crippen LogP contribution < -0.4 is 24.8 Å². The van der Waals surface area contributed by atoms with E-state index in [2.05, 4.69) is 34.7 Å². The SMILES string of the molecule is CCNC(=NCC(O)c1cc(OC)ccc1OC)NCCC(C)c1ccc(OC)cc1.I. The molecule has 0 aliphatic rings. The Kier molecular flexibility index (Phi) is 12.9. The van der Waals surface area contributed by atoms with E-state index in [0.717, 1.165) is 25.3 Å². The van der Waals surface area contributed by atoms with E-state index in [1.54, 1.807) is 39.5 Å². The van der Waals surface area contributed by atoms with Crippen molar-refractivity contribution in [3.63, 3.8) is 0 Å². The van der Waals surface area contributed by atoms with Crippen LogP contribution >= 0.6 is 24.0 Å². The number of hydrogen-bond acceptors (Lipinski definition) is 5. The Morgan fingerprint density at radius 2 is 1.62 bits per heavy atom. The second-order valence-electron chi connectivity index (χ2n) is 7.23. The molecule has 0 radical (unpaired) electrons. The number of aliphatic hydroxyl groups is 1. The third-order valence-corrected chi connectivity index (χ3v) is 5.12. The Hall–Kier alpha value is -2.20. The van der Waals surface area contributed by atoms with Gasteiger partial charge in [-0.15, -0.1) is 24.0 Å². The summed E-state index contributed by atoms with van der Waals surface area (Å²) in [5.74, 6) is 3.20. The summed E-state index contributed by atoms with van der Waals surface area (Å²) >= 11 is 0. The molecule has 0 aliphatic heterocycles. The fourth-order valence-corrected chi connectivity index (χ4v) is 3.22. The number of methoxy groups -OCH3 is 3. The minimum absolute atomic E-state index is 0. The molecule has 0 bridgehead atoms. The zero-order valence-corrected chi connectivity index (χ0v) is 21.9. The van der Waals surface area contributed by atoms with Crippen LogP contribution in [-0.4, -0.2) is 52.0 Å². The predicted molar refractivity (Wildman–Crippen MR) is 140 cm³/mol. The van der Waals surface area contributed by atoms with E-state index in [1.165, 1.54) is 5.56 Å². The van der Waals surface area contributed by atoms with E-state index in [0.29, 0.717) is 28.9 Å². The lowest BCUT2D eigenvalue weighted by Crippen LogP contribution is -2.38. The van der Waals surface area contributed by atoms with Crippen LogP contribution in [0, 0.1) is 0 Å². The van der Waals surface area contributed by atoms with Crippen molar-refractivity contribution in [2.75, 3.05) is 41.0 Å². The van der Waals surface area contributed by atoms with E-state index in [-0.39, 0.29) is 30.5 Å². The minimum atomic E-state index is -0.807. The van der Waals surface area contributed by atoms with Crippen LogP contribution in [-0.2, 0) is 0 Å². The lowest BCUT2D eigenvalue weighted by atomic mass is 9.98. The van der Waals surface area contributed by atoms with E-state index in [4.69, 9.17) is 14.2 Å². The highest BCUT2D eigenvalue weighted by Gasteiger charge is 2.15. The zero-order valence-electron chi connectivity index (χ0n) is 19.6. The maximum atomic E-state index is 10.7. The van der Waals surface area contributed by atoms with Gasteiger partial charge in [0, 0.05) is 18.7 Å². The van der Waals surface area contributed by atoms with Crippen LogP contribution in [0.2, 0.25) is 0 Å². The van der Waals surface area contributed by atoms with Crippen LogP contribution in [0.4, 0.5) is 0 Å². The van der Waals surface area contributed by atoms with Gasteiger partial charge in [-0.3, -0.25) is 4.99 Å². The molecule has 0 aromatic heterocycles. The van der Waals surface area contributed by atoms with E-state index in [9.17, 15) is 5.11 Å². The molecule has 0 saturated carbocycles. The number of benzene rings is 2. The molecule has 0 saturated heterocycles. The summed E-state index contributed by atoms with van der Waals surface area (Å²) in [7, 11) is 4.85. The summed E-state index contributed by atoms with van der Waals surface area (Å²) in [6.45, 7) is 5.91. The lowest BCUT2D eigenvalue weighted by Gasteiger charge is -2.17. The molecule has 2 unspecified atom stereocenters. The van der Waals surface area contributed by atoms with Crippen LogP contribution in [0.1, 0.15) is 43.4 Å². The van der Waals surface area contributed by atoms with Gasteiger partial charge in [-0.25, -0.2) is 0 Å². The second kappa shape index (κ2) is 14.8. The number of aliphatic imine (C=N–C) groups is 1. The number of nitrogens with zero attached hydrogens (tertiary/aromatic N) is 1. The largest absolute Gasteiger partial charge is 0.497 e. The Bertz CT molecular complexity index is 830. The number of aliphatic hydroxyl groups excluding tert-OH is 1. The molecule has 2 aromatic rings. The van der Waals surface area contributed by atoms with Crippen molar-refractivity contribution in [1.82, 2.24) is 10.6 Å². The number of nitrogens with one attached hydrogen (secondary N) is 2. The van der Waals surface area contributed by atoms with Gasteiger partial charge in [0.25, 0.3) is 0 Å². The first kappa shape index (κ1) is 27.8. The third-order valence-electron chi connectivity index (χ3n) is 5.12. The van der Waals surface area contributed by atoms with Gasteiger partial charge in [-0.1, -0.05) is 19.1 Å². The number of halogens is 1. The van der Waals surface area contributed by atoms with Crippen LogP contribution in [0.3, 0.4) is 0 Å². The number of guanidine groups is 1. The second-order valence-corrected chi connectivity index (χ2v) is 7.23. The standard InChI is InChI=1S/C24H35N3O4.HI/c1-6-25-24(26-14-13-17(2)18-7-9-19(29-3)10-8-18)27-16-22(28)21-15-20(30-4)11-12-23(21)31-5;/h7-12,15,17,22,28H,6,13-14,16H2,1-5H3,(H2,25,26,27);1H. The predicted octanol–water partition coefficient (Wildman–Crippen LogP) is 4.11. The molecule has 2 aromatic carbocycles. The molecule has 32 heavy (non-hydrogen) atoms. The van der Waals surface area contributed by atoms with Gasteiger partial charge in [0.15, 0.2) is 5.96 Å². The van der Waals surface area contributed by atoms with Crippen molar-refractivity contribution >= 4 is 29.9 Å². The van der Waals surface area contributed by atoms with Crippen LogP contribution in [0.5, 0.6) is 17.2 Å². The van der Waals surface area contributed by atoms with Crippen molar-refractivity contribution in [3.8, 4) is 17.2 Å². The first-order valence-electron chi connectivity index (χ1n) is 10.6. The van der Waals surface area contributed by atoms with Gasteiger partial charge in [-0.05, 0) is 55.2 Å². The number of rotatable bonds is 11. The highest BCUT2D eigenvalue weighted by atomic mass is 127. The van der Waals surface area contributed by atoms with Gasteiger partial charge in [0.1, 0.15) is 23.4 Å². The highest BCUT2D eigenvalue weighted by molar-refractivity contribution is 14.0. The maximum absolute atomic E-state index is 10.7. The topological polar surface area (TPSA) is 84.3 Å². The van der Waals surface area contributed by atoms with Gasteiger partial charge < -0.3 is 30.0 Å². The normalized spacial score (nSPS) is 12.9. The summed E-state index contributed by atoms with van der Waals surface area (Å²) in [4.78, 5) is 4.54. The highest BCUT2D eigenvalue weighted by Crippen LogP contribution is 2.29. The van der Waals surface area contributed by atoms with Crippen molar-refractivity contribution in [1.29, 1.82) is 0 Å². The molecule has 8 heteroatoms. The summed E-state index contributed by atoms with van der Waals surface area (Å²) in [5.41, 5.74) is 1.92. The third kappa shape index (κ3) is 8.38. The van der Waals surface area contributed by atoms with E-state index in [1.807, 2.05) is 19.1 Å². The number of ether oxygens (including phenoxy) is 3. The molecule has 2 rings (SSSR count). The first-order chi connectivity index (χ1) is 15.0. The zero-order chi connectivity index (χ0) is 22.6. The Morgan fingerprint density at radius 1 is 0.969 bits per heavy atom. The monoisotopic (exact) mass is 557 g/mol. The van der Waals surface area contributed by atoms with E-state index >= 15 is 0 Å². The fraction of sp³-hybridized carbons (Fsp3) is 0.458. The van der Waals surface area contributed by atoms with Crippen molar-refractivity contribution in [3.05, 3.63) is 53.6 Å². The summed E-state index contributed by atoms with van der Waals surface area (Å²) < 4.78 is 15.8.